The van der Waals surface area contributed by atoms with Crippen LogP contribution in [0.2, 0.25) is 0 Å². The van der Waals surface area contributed by atoms with Crippen molar-refractivity contribution >= 4 is 35.9 Å². The molecule has 1 fully saturated rings. The molecule has 0 amide bonds. The number of benzene rings is 1. The number of nitrogens with zero attached hydrogens (tertiary/aromatic N) is 2. The number of nitrogens with one attached hydrogen (secondary N) is 1. The number of methoxy groups -OCH3 is 1. The Bertz CT molecular complexity index is 565. The fraction of sp³-hybridized carbons (Fsp3) is 0.529. The number of esters is 1. The first-order valence-corrected chi connectivity index (χ1v) is 7.90. The lowest BCUT2D eigenvalue weighted by Gasteiger charge is -2.21. The van der Waals surface area contributed by atoms with Crippen molar-refractivity contribution < 1.29 is 13.9 Å². The van der Waals surface area contributed by atoms with Crippen LogP contribution in [-0.2, 0) is 16.1 Å². The average Bonchev–Trinajstić information content (AvgIpc) is 2.94. The Balaban J connectivity index is 0.00000288. The number of carbonyl (C=O) groups excluding carboxylic acids is 1. The molecular formula is C17H25FIN3O2. The van der Waals surface area contributed by atoms with E-state index in [1.54, 1.807) is 12.1 Å². The highest BCUT2D eigenvalue weighted by atomic mass is 127. The Morgan fingerprint density at radius 1 is 1.38 bits per heavy atom. The lowest BCUT2D eigenvalue weighted by atomic mass is 9.99. The highest BCUT2D eigenvalue weighted by molar-refractivity contribution is 14.0. The SMILES string of the molecule is CCNC(=NCc1ccc(F)cc1)N1CC(C)C(C(=O)OC)C1.I. The minimum Gasteiger partial charge on any atom is -0.469 e. The van der Waals surface area contributed by atoms with Gasteiger partial charge in [-0.05, 0) is 30.5 Å². The monoisotopic (exact) mass is 449 g/mol. The summed E-state index contributed by atoms with van der Waals surface area (Å²) >= 11 is 0. The molecule has 0 aromatic heterocycles. The smallest absolute Gasteiger partial charge is 0.310 e. The summed E-state index contributed by atoms with van der Waals surface area (Å²) in [6.07, 6.45) is 0. The Morgan fingerprint density at radius 2 is 2.04 bits per heavy atom. The predicted octanol–water partition coefficient (Wildman–Crippen LogP) is 2.65. The van der Waals surface area contributed by atoms with Gasteiger partial charge in [-0.1, -0.05) is 19.1 Å². The van der Waals surface area contributed by atoms with E-state index in [4.69, 9.17) is 4.74 Å². The predicted molar refractivity (Wildman–Crippen MR) is 103 cm³/mol. The van der Waals surface area contributed by atoms with Crippen LogP contribution in [-0.4, -0.2) is 43.6 Å². The van der Waals surface area contributed by atoms with Crippen LogP contribution in [0, 0.1) is 17.7 Å². The van der Waals surface area contributed by atoms with E-state index in [0.717, 1.165) is 24.6 Å². The number of rotatable bonds is 4. The van der Waals surface area contributed by atoms with Gasteiger partial charge in [-0.2, -0.15) is 0 Å². The van der Waals surface area contributed by atoms with E-state index in [2.05, 4.69) is 15.2 Å². The third-order valence-electron chi connectivity index (χ3n) is 4.08. The molecule has 1 aromatic rings. The molecule has 5 nitrogen and oxygen atoms in total. The van der Waals surface area contributed by atoms with Gasteiger partial charge in [-0.25, -0.2) is 9.38 Å². The molecule has 7 heteroatoms. The van der Waals surface area contributed by atoms with Crippen LogP contribution in [0.15, 0.2) is 29.3 Å². The molecule has 1 saturated heterocycles. The Labute approximate surface area is 159 Å². The van der Waals surface area contributed by atoms with Crippen molar-refractivity contribution in [3.05, 3.63) is 35.6 Å². The summed E-state index contributed by atoms with van der Waals surface area (Å²) < 4.78 is 17.8. The van der Waals surface area contributed by atoms with Crippen LogP contribution < -0.4 is 5.32 Å². The van der Waals surface area contributed by atoms with Gasteiger partial charge in [0.25, 0.3) is 0 Å². The first-order chi connectivity index (χ1) is 11.0. The van der Waals surface area contributed by atoms with Crippen LogP contribution >= 0.6 is 24.0 Å². The Hall–Kier alpha value is -1.38. The lowest BCUT2D eigenvalue weighted by Crippen LogP contribution is -2.40. The summed E-state index contributed by atoms with van der Waals surface area (Å²) in [5.74, 6) is 0.440. The van der Waals surface area contributed by atoms with Gasteiger partial charge in [0, 0.05) is 19.6 Å². The zero-order chi connectivity index (χ0) is 16.8. The molecule has 1 aromatic carbocycles. The van der Waals surface area contributed by atoms with Gasteiger partial charge in [-0.3, -0.25) is 4.79 Å². The van der Waals surface area contributed by atoms with E-state index in [-0.39, 0.29) is 47.6 Å². The second-order valence-corrected chi connectivity index (χ2v) is 5.81. The van der Waals surface area contributed by atoms with E-state index >= 15 is 0 Å². The molecule has 0 saturated carbocycles. The minimum absolute atomic E-state index is 0. The largest absolute Gasteiger partial charge is 0.469 e. The van der Waals surface area contributed by atoms with Gasteiger partial charge >= 0.3 is 5.97 Å². The standard InChI is InChI=1S/C17H24FN3O2.HI/c1-4-19-17(20-9-13-5-7-14(18)8-6-13)21-10-12(2)15(11-21)16(22)23-3;/h5-8,12,15H,4,9-11H2,1-3H3,(H,19,20);1H. The van der Waals surface area contributed by atoms with E-state index in [0.29, 0.717) is 13.1 Å². The molecule has 24 heavy (non-hydrogen) atoms. The van der Waals surface area contributed by atoms with Gasteiger partial charge in [-0.15, -0.1) is 24.0 Å². The molecule has 1 heterocycles. The molecule has 2 rings (SSSR count). The van der Waals surface area contributed by atoms with E-state index in [1.807, 2.05) is 13.8 Å². The second kappa shape index (κ2) is 9.80. The molecule has 134 valence electrons. The molecule has 1 aliphatic rings. The summed E-state index contributed by atoms with van der Waals surface area (Å²) in [6.45, 7) is 6.63. The van der Waals surface area contributed by atoms with Crippen molar-refractivity contribution in [3.8, 4) is 0 Å². The molecular weight excluding hydrogens is 424 g/mol. The van der Waals surface area contributed by atoms with Gasteiger partial charge in [0.05, 0.1) is 19.6 Å². The third kappa shape index (κ3) is 5.32. The maximum Gasteiger partial charge on any atom is 0.310 e. The van der Waals surface area contributed by atoms with E-state index < -0.39 is 0 Å². The van der Waals surface area contributed by atoms with Crippen molar-refractivity contribution in [1.82, 2.24) is 10.2 Å². The second-order valence-electron chi connectivity index (χ2n) is 5.81. The highest BCUT2D eigenvalue weighted by Gasteiger charge is 2.36. The minimum atomic E-state index is -0.251. The van der Waals surface area contributed by atoms with Gasteiger partial charge in [0.15, 0.2) is 5.96 Å². The zero-order valence-corrected chi connectivity index (χ0v) is 16.6. The molecule has 2 atom stereocenters. The summed E-state index contributed by atoms with van der Waals surface area (Å²) in [5.41, 5.74) is 0.943. The molecule has 1 N–H and O–H groups in total. The number of guanidine groups is 1. The molecule has 2 unspecified atom stereocenters. The first-order valence-electron chi connectivity index (χ1n) is 7.90. The van der Waals surface area contributed by atoms with Gasteiger partial charge < -0.3 is 15.0 Å². The van der Waals surface area contributed by atoms with Crippen LogP contribution in [0.25, 0.3) is 0 Å². The van der Waals surface area contributed by atoms with Crippen molar-refractivity contribution in [3.63, 3.8) is 0 Å². The topological polar surface area (TPSA) is 53.9 Å². The van der Waals surface area contributed by atoms with Crippen LogP contribution in [0.1, 0.15) is 19.4 Å². The first kappa shape index (κ1) is 20.7. The van der Waals surface area contributed by atoms with Gasteiger partial charge in [0.1, 0.15) is 5.82 Å². The summed E-state index contributed by atoms with van der Waals surface area (Å²) in [6, 6.07) is 6.32. The number of halogens is 2. The quantitative estimate of drug-likeness (QED) is 0.333. The number of aliphatic imine (C=N–C) groups is 1. The number of ether oxygens (including phenoxy) is 1. The highest BCUT2D eigenvalue weighted by Crippen LogP contribution is 2.24. The normalized spacial score (nSPS) is 20.5. The fourth-order valence-corrected chi connectivity index (χ4v) is 2.78. The van der Waals surface area contributed by atoms with Crippen LogP contribution in [0.3, 0.4) is 0 Å². The number of likely N-dealkylation sites (tertiary alicyclic amines) is 1. The fourth-order valence-electron chi connectivity index (χ4n) is 2.78. The zero-order valence-electron chi connectivity index (χ0n) is 14.3. The molecule has 0 radical (unpaired) electrons. The number of carbonyl (C=O) groups is 1. The maximum atomic E-state index is 12.9. The van der Waals surface area contributed by atoms with Crippen molar-refractivity contribution in [2.24, 2.45) is 16.8 Å². The van der Waals surface area contributed by atoms with Crippen molar-refractivity contribution in [2.75, 3.05) is 26.7 Å². The maximum absolute atomic E-state index is 12.9. The Morgan fingerprint density at radius 3 is 2.62 bits per heavy atom. The Kier molecular flexibility index (Phi) is 8.44. The van der Waals surface area contributed by atoms with Gasteiger partial charge in [0.2, 0.25) is 0 Å². The lowest BCUT2D eigenvalue weighted by molar-refractivity contribution is -0.145. The number of hydrogen-bond acceptors (Lipinski definition) is 3. The molecule has 1 aliphatic heterocycles. The molecule has 0 aliphatic carbocycles. The van der Waals surface area contributed by atoms with Crippen LogP contribution in [0.5, 0.6) is 0 Å². The number of hydrogen-bond donors (Lipinski definition) is 1. The molecule has 0 spiro atoms. The summed E-state index contributed by atoms with van der Waals surface area (Å²) in [7, 11) is 1.42. The van der Waals surface area contributed by atoms with E-state index in [9.17, 15) is 9.18 Å². The van der Waals surface area contributed by atoms with E-state index in [1.165, 1.54) is 19.2 Å². The summed E-state index contributed by atoms with van der Waals surface area (Å²) in [4.78, 5) is 18.5. The van der Waals surface area contributed by atoms with Crippen molar-refractivity contribution in [2.45, 2.75) is 20.4 Å². The summed E-state index contributed by atoms with van der Waals surface area (Å²) in [5, 5.41) is 3.25. The average molecular weight is 449 g/mol. The van der Waals surface area contributed by atoms with Crippen LogP contribution in [0.4, 0.5) is 4.39 Å². The third-order valence-corrected chi connectivity index (χ3v) is 4.08. The van der Waals surface area contributed by atoms with Crippen molar-refractivity contribution in [1.29, 1.82) is 0 Å². The molecule has 0 bridgehead atoms.